The van der Waals surface area contributed by atoms with Crippen LogP contribution in [0.5, 0.6) is 0 Å². The van der Waals surface area contributed by atoms with Crippen LogP contribution >= 0.6 is 12.2 Å². The van der Waals surface area contributed by atoms with Crippen LogP contribution in [0.2, 0.25) is 0 Å². The number of pyridine rings is 1. The Hall–Kier alpha value is -1.16. The van der Waals surface area contributed by atoms with Gasteiger partial charge in [0.2, 0.25) is 0 Å². The summed E-state index contributed by atoms with van der Waals surface area (Å²) in [6, 6.07) is 3.83. The zero-order chi connectivity index (χ0) is 11.5. The van der Waals surface area contributed by atoms with E-state index in [1.807, 2.05) is 12.1 Å². The van der Waals surface area contributed by atoms with Gasteiger partial charge in [-0.3, -0.25) is 0 Å². The van der Waals surface area contributed by atoms with E-state index >= 15 is 0 Å². The summed E-state index contributed by atoms with van der Waals surface area (Å²) in [5.41, 5.74) is 6.62. The van der Waals surface area contributed by atoms with Gasteiger partial charge in [-0.05, 0) is 30.9 Å². The molecule has 2 N–H and O–H groups in total. The Bertz CT molecular complexity index is 392. The molecule has 1 atom stereocenters. The van der Waals surface area contributed by atoms with E-state index in [-0.39, 0.29) is 0 Å². The second-order valence-corrected chi connectivity index (χ2v) is 4.87. The van der Waals surface area contributed by atoms with Gasteiger partial charge in [-0.1, -0.05) is 19.1 Å². The smallest absolute Gasteiger partial charge is 0.138 e. The van der Waals surface area contributed by atoms with Crippen molar-refractivity contribution in [1.29, 1.82) is 0 Å². The number of anilines is 1. The molecular formula is C12H17N3S. The molecule has 0 aliphatic carbocycles. The molecule has 1 aromatic rings. The molecule has 1 aromatic heterocycles. The molecule has 2 rings (SSSR count). The highest BCUT2D eigenvalue weighted by molar-refractivity contribution is 7.80. The zero-order valence-electron chi connectivity index (χ0n) is 9.52. The molecule has 1 aliphatic heterocycles. The van der Waals surface area contributed by atoms with Gasteiger partial charge in [-0.25, -0.2) is 4.98 Å². The molecule has 0 aromatic carbocycles. The van der Waals surface area contributed by atoms with Crippen LogP contribution in [-0.2, 0) is 0 Å². The molecule has 1 unspecified atom stereocenters. The molecule has 86 valence electrons. The molecule has 0 spiro atoms. The highest BCUT2D eigenvalue weighted by Crippen LogP contribution is 2.23. The quantitative estimate of drug-likeness (QED) is 0.796. The summed E-state index contributed by atoms with van der Waals surface area (Å²) in [7, 11) is 0. The third kappa shape index (κ3) is 2.32. The largest absolute Gasteiger partial charge is 0.389 e. The summed E-state index contributed by atoms with van der Waals surface area (Å²) >= 11 is 5.06. The van der Waals surface area contributed by atoms with Crippen molar-refractivity contribution in [1.82, 2.24) is 4.98 Å². The first-order valence-electron chi connectivity index (χ1n) is 5.68. The van der Waals surface area contributed by atoms with E-state index in [1.54, 1.807) is 6.20 Å². The normalized spacial score (nSPS) is 20.8. The average molecular weight is 235 g/mol. The fraction of sp³-hybridized carbons (Fsp3) is 0.500. The molecule has 2 heterocycles. The van der Waals surface area contributed by atoms with Crippen molar-refractivity contribution < 1.29 is 0 Å². The highest BCUT2D eigenvalue weighted by Gasteiger charge is 2.20. The van der Waals surface area contributed by atoms with Crippen LogP contribution in [0.15, 0.2) is 18.3 Å². The van der Waals surface area contributed by atoms with Crippen molar-refractivity contribution in [2.24, 2.45) is 11.7 Å². The third-order valence-electron chi connectivity index (χ3n) is 3.01. The second-order valence-electron chi connectivity index (χ2n) is 4.43. The van der Waals surface area contributed by atoms with Gasteiger partial charge in [0.1, 0.15) is 10.8 Å². The minimum atomic E-state index is 0.432. The topological polar surface area (TPSA) is 42.2 Å². The number of nitrogens with two attached hydrogens (primary N) is 1. The summed E-state index contributed by atoms with van der Waals surface area (Å²) in [5, 5.41) is 0. The van der Waals surface area contributed by atoms with Gasteiger partial charge >= 0.3 is 0 Å². The van der Waals surface area contributed by atoms with Gasteiger partial charge in [0.25, 0.3) is 0 Å². The van der Waals surface area contributed by atoms with Crippen LogP contribution in [0.4, 0.5) is 5.82 Å². The molecule has 1 aliphatic rings. The fourth-order valence-corrected chi connectivity index (χ4v) is 2.38. The van der Waals surface area contributed by atoms with Crippen molar-refractivity contribution in [3.63, 3.8) is 0 Å². The van der Waals surface area contributed by atoms with Crippen molar-refractivity contribution in [2.45, 2.75) is 19.8 Å². The Morgan fingerprint density at radius 3 is 3.12 bits per heavy atom. The Morgan fingerprint density at radius 2 is 2.44 bits per heavy atom. The lowest BCUT2D eigenvalue weighted by atomic mass is 10.00. The van der Waals surface area contributed by atoms with Gasteiger partial charge in [0, 0.05) is 19.3 Å². The van der Waals surface area contributed by atoms with Crippen molar-refractivity contribution in [3.8, 4) is 0 Å². The Balaban J connectivity index is 2.28. The van der Waals surface area contributed by atoms with Crippen molar-refractivity contribution >= 4 is 23.0 Å². The fourth-order valence-electron chi connectivity index (χ4n) is 2.22. The Morgan fingerprint density at radius 1 is 1.62 bits per heavy atom. The number of piperidine rings is 1. The van der Waals surface area contributed by atoms with Crippen molar-refractivity contribution in [3.05, 3.63) is 23.9 Å². The van der Waals surface area contributed by atoms with E-state index in [0.717, 1.165) is 30.4 Å². The van der Waals surface area contributed by atoms with Gasteiger partial charge < -0.3 is 10.6 Å². The third-order valence-corrected chi connectivity index (χ3v) is 3.23. The molecule has 0 bridgehead atoms. The lowest BCUT2D eigenvalue weighted by Gasteiger charge is -2.32. The van der Waals surface area contributed by atoms with Crippen LogP contribution in [0.1, 0.15) is 25.3 Å². The summed E-state index contributed by atoms with van der Waals surface area (Å²) < 4.78 is 0. The maximum absolute atomic E-state index is 5.72. The van der Waals surface area contributed by atoms with E-state index in [0.29, 0.717) is 4.99 Å². The maximum atomic E-state index is 5.72. The second kappa shape index (κ2) is 4.78. The number of aromatic nitrogens is 1. The standard InChI is InChI=1S/C12H17N3S/c1-9-4-3-7-15(8-9)12-10(11(13)16)5-2-6-14-12/h2,5-6,9H,3-4,7-8H2,1H3,(H2,13,16). The molecular weight excluding hydrogens is 218 g/mol. The maximum Gasteiger partial charge on any atom is 0.138 e. The zero-order valence-corrected chi connectivity index (χ0v) is 10.3. The first-order chi connectivity index (χ1) is 7.68. The lowest BCUT2D eigenvalue weighted by molar-refractivity contribution is 0.444. The number of nitrogens with zero attached hydrogens (tertiary/aromatic N) is 2. The lowest BCUT2D eigenvalue weighted by Crippen LogP contribution is -2.36. The Kier molecular flexibility index (Phi) is 3.39. The monoisotopic (exact) mass is 235 g/mol. The summed E-state index contributed by atoms with van der Waals surface area (Å²) in [5.74, 6) is 1.66. The minimum absolute atomic E-state index is 0.432. The van der Waals surface area contributed by atoms with E-state index in [2.05, 4.69) is 16.8 Å². The molecule has 0 radical (unpaired) electrons. The van der Waals surface area contributed by atoms with Crippen LogP contribution in [-0.4, -0.2) is 23.1 Å². The molecule has 4 heteroatoms. The molecule has 0 saturated carbocycles. The average Bonchev–Trinajstić information content (AvgIpc) is 2.29. The molecule has 1 saturated heterocycles. The van der Waals surface area contributed by atoms with Gasteiger partial charge in [-0.15, -0.1) is 0 Å². The van der Waals surface area contributed by atoms with Gasteiger partial charge in [-0.2, -0.15) is 0 Å². The predicted molar refractivity (Wildman–Crippen MR) is 70.7 cm³/mol. The summed E-state index contributed by atoms with van der Waals surface area (Å²) in [4.78, 5) is 7.14. The van der Waals surface area contributed by atoms with Gasteiger partial charge in [0.15, 0.2) is 0 Å². The van der Waals surface area contributed by atoms with E-state index in [1.165, 1.54) is 12.8 Å². The number of rotatable bonds is 2. The number of thiocarbonyl (C=S) groups is 1. The van der Waals surface area contributed by atoms with Crippen LogP contribution in [0.3, 0.4) is 0 Å². The number of hydrogen-bond acceptors (Lipinski definition) is 3. The summed E-state index contributed by atoms with van der Waals surface area (Å²) in [6.07, 6.45) is 4.32. The van der Waals surface area contributed by atoms with E-state index in [9.17, 15) is 0 Å². The predicted octanol–water partition coefficient (Wildman–Crippen LogP) is 1.95. The first kappa shape index (κ1) is 11.3. The molecule has 1 fully saturated rings. The molecule has 3 nitrogen and oxygen atoms in total. The van der Waals surface area contributed by atoms with Crippen LogP contribution in [0.25, 0.3) is 0 Å². The molecule has 16 heavy (non-hydrogen) atoms. The Labute approximate surface area is 102 Å². The van der Waals surface area contributed by atoms with E-state index in [4.69, 9.17) is 18.0 Å². The van der Waals surface area contributed by atoms with Gasteiger partial charge in [0.05, 0.1) is 5.56 Å². The minimum Gasteiger partial charge on any atom is -0.389 e. The molecule has 0 amide bonds. The SMILES string of the molecule is CC1CCCN(c2ncccc2C(N)=S)C1. The first-order valence-corrected chi connectivity index (χ1v) is 6.09. The highest BCUT2D eigenvalue weighted by atomic mass is 32.1. The van der Waals surface area contributed by atoms with Crippen molar-refractivity contribution in [2.75, 3.05) is 18.0 Å². The van der Waals surface area contributed by atoms with Crippen LogP contribution in [0, 0.1) is 5.92 Å². The summed E-state index contributed by atoms with van der Waals surface area (Å²) in [6.45, 7) is 4.37. The van der Waals surface area contributed by atoms with E-state index < -0.39 is 0 Å². The number of hydrogen-bond donors (Lipinski definition) is 1. The van der Waals surface area contributed by atoms with Crippen LogP contribution < -0.4 is 10.6 Å².